The second-order valence-corrected chi connectivity index (χ2v) is 4.13. The molecule has 1 rings (SSSR count). The number of hydrogen-bond donors (Lipinski definition) is 0. The second-order valence-electron chi connectivity index (χ2n) is 1.81. The maximum atomic E-state index is 8.46. The number of benzene rings is 1. The molecule has 0 amide bonds. The van der Waals surface area contributed by atoms with E-state index in [1.807, 2.05) is 24.3 Å². The van der Waals surface area contributed by atoms with Gasteiger partial charge in [-0.15, -0.1) is 0 Å². The Hall–Kier alpha value is -0.560. The zero-order valence-corrected chi connectivity index (χ0v) is 7.79. The molecule has 0 fully saturated rings. The van der Waals surface area contributed by atoms with Gasteiger partial charge in [0.25, 0.3) is 0 Å². The van der Waals surface area contributed by atoms with E-state index in [0.29, 0.717) is 0 Å². The number of nitriles is 1. The molecule has 52 valence electrons. The Morgan fingerprint density at radius 2 is 1.90 bits per heavy atom. The Morgan fingerprint density at radius 1 is 1.30 bits per heavy atom. The maximum absolute atomic E-state index is 8.46. The summed E-state index contributed by atoms with van der Waals surface area (Å²) in [5.74, 6) is 0. The molecule has 0 radical (unpaired) electrons. The van der Waals surface area contributed by atoms with Crippen LogP contribution < -0.4 is 21.2 Å². The van der Waals surface area contributed by atoms with Crippen molar-refractivity contribution in [2.75, 3.05) is 4.93 Å². The minimum absolute atomic E-state index is 0.182. The molecule has 0 atom stereocenters. The van der Waals surface area contributed by atoms with Gasteiger partial charge in [0, 0.05) is 0 Å². The predicted octanol–water partition coefficient (Wildman–Crippen LogP) is -1.55. The zero-order valence-electron chi connectivity index (χ0n) is 5.63. The number of rotatable bonds is 1. The van der Waals surface area contributed by atoms with E-state index in [0.717, 1.165) is 5.56 Å². The van der Waals surface area contributed by atoms with Crippen LogP contribution >= 0.6 is 0 Å². The molecule has 0 N–H and O–H groups in total. The summed E-state index contributed by atoms with van der Waals surface area (Å²) in [6, 6.07) is 9.90. The minimum atomic E-state index is 0.182. The zero-order chi connectivity index (χ0) is 7.40. The Bertz CT molecular complexity index is 245. The summed E-state index contributed by atoms with van der Waals surface area (Å²) in [5.41, 5.74) is 0.751. The molecular formula is C8H7IN-. The predicted molar refractivity (Wildman–Crippen MR) is 35.8 cm³/mol. The van der Waals surface area contributed by atoms with Gasteiger partial charge in [-0.3, -0.25) is 0 Å². The van der Waals surface area contributed by atoms with Crippen LogP contribution in [0, 0.1) is 14.9 Å². The standard InChI is InChI=1S/C8H7IN/c1-9-8-4-2-7(6-10)3-5-8/h2-5H,1H3/q-1. The topological polar surface area (TPSA) is 23.8 Å². The van der Waals surface area contributed by atoms with E-state index in [4.69, 9.17) is 5.26 Å². The molecule has 0 bridgehead atoms. The van der Waals surface area contributed by atoms with Gasteiger partial charge in [0.2, 0.25) is 0 Å². The average molecular weight is 244 g/mol. The van der Waals surface area contributed by atoms with Crippen LogP contribution in [-0.4, -0.2) is 4.93 Å². The van der Waals surface area contributed by atoms with Crippen molar-refractivity contribution in [3.05, 3.63) is 33.4 Å². The van der Waals surface area contributed by atoms with Crippen molar-refractivity contribution in [3.63, 3.8) is 0 Å². The third-order valence-electron chi connectivity index (χ3n) is 1.19. The third kappa shape index (κ3) is 1.71. The monoisotopic (exact) mass is 244 g/mol. The van der Waals surface area contributed by atoms with E-state index in [9.17, 15) is 0 Å². The Balaban J connectivity index is 2.93. The molecule has 0 aromatic heterocycles. The molecule has 0 aliphatic heterocycles. The van der Waals surface area contributed by atoms with Gasteiger partial charge >= 0.3 is 70.9 Å². The summed E-state index contributed by atoms with van der Waals surface area (Å²) in [6.07, 6.45) is 0. The van der Waals surface area contributed by atoms with Gasteiger partial charge in [-0.2, -0.15) is 0 Å². The van der Waals surface area contributed by atoms with Crippen molar-refractivity contribution < 1.29 is 21.2 Å². The Morgan fingerprint density at radius 3 is 2.30 bits per heavy atom. The molecule has 0 aliphatic rings. The molecular weight excluding hydrogens is 237 g/mol. The molecule has 1 aromatic rings. The van der Waals surface area contributed by atoms with Gasteiger partial charge in [-0.05, 0) is 0 Å². The fourth-order valence-corrected chi connectivity index (χ4v) is 1.73. The van der Waals surface area contributed by atoms with E-state index in [1.54, 1.807) is 0 Å². The van der Waals surface area contributed by atoms with Gasteiger partial charge in [-0.1, -0.05) is 0 Å². The van der Waals surface area contributed by atoms with Crippen LogP contribution in [0.25, 0.3) is 0 Å². The van der Waals surface area contributed by atoms with Crippen molar-refractivity contribution in [2.24, 2.45) is 0 Å². The van der Waals surface area contributed by atoms with Gasteiger partial charge in [-0.25, -0.2) is 0 Å². The van der Waals surface area contributed by atoms with Crippen LogP contribution in [0.4, 0.5) is 0 Å². The molecule has 2 heteroatoms. The summed E-state index contributed by atoms with van der Waals surface area (Å²) in [7, 11) is 0. The molecule has 0 saturated heterocycles. The van der Waals surface area contributed by atoms with Gasteiger partial charge < -0.3 is 0 Å². The molecule has 0 aliphatic carbocycles. The molecule has 0 saturated carbocycles. The van der Waals surface area contributed by atoms with Crippen molar-refractivity contribution in [1.82, 2.24) is 0 Å². The molecule has 0 spiro atoms. The van der Waals surface area contributed by atoms with Gasteiger partial charge in [0.1, 0.15) is 0 Å². The molecule has 1 nitrogen and oxygen atoms in total. The first-order valence-electron chi connectivity index (χ1n) is 2.86. The van der Waals surface area contributed by atoms with Gasteiger partial charge in [0.05, 0.1) is 0 Å². The first kappa shape index (κ1) is 7.55. The van der Waals surface area contributed by atoms with E-state index < -0.39 is 0 Å². The summed E-state index contributed by atoms with van der Waals surface area (Å²) in [5, 5.41) is 8.46. The fraction of sp³-hybridized carbons (Fsp3) is 0.125. The molecule has 10 heavy (non-hydrogen) atoms. The van der Waals surface area contributed by atoms with Crippen LogP contribution in [-0.2, 0) is 0 Å². The molecule has 0 unspecified atom stereocenters. The Labute approximate surface area is 70.9 Å². The first-order valence-corrected chi connectivity index (χ1v) is 6.10. The van der Waals surface area contributed by atoms with Crippen LogP contribution in [0.15, 0.2) is 24.3 Å². The molecule has 1 aromatic carbocycles. The van der Waals surface area contributed by atoms with E-state index >= 15 is 0 Å². The first-order chi connectivity index (χ1) is 4.86. The third-order valence-corrected chi connectivity index (χ3v) is 3.16. The van der Waals surface area contributed by atoms with Crippen LogP contribution in [0.1, 0.15) is 5.56 Å². The van der Waals surface area contributed by atoms with Crippen LogP contribution in [0.5, 0.6) is 0 Å². The average Bonchev–Trinajstić information content (AvgIpc) is 2.05. The van der Waals surface area contributed by atoms with Crippen molar-refractivity contribution in [2.45, 2.75) is 0 Å². The SMILES string of the molecule is C[I-]c1ccc(C#N)cc1. The summed E-state index contributed by atoms with van der Waals surface area (Å²) >= 11 is 0.182. The number of nitrogens with zero attached hydrogens (tertiary/aromatic N) is 1. The normalized spacial score (nSPS) is 9.20. The van der Waals surface area contributed by atoms with E-state index in [2.05, 4.69) is 11.0 Å². The number of hydrogen-bond acceptors (Lipinski definition) is 1. The number of alkyl halides is 1. The van der Waals surface area contributed by atoms with Crippen LogP contribution in [0.2, 0.25) is 0 Å². The van der Waals surface area contributed by atoms with Crippen molar-refractivity contribution >= 4 is 0 Å². The number of halogens is 1. The van der Waals surface area contributed by atoms with E-state index in [1.165, 1.54) is 3.57 Å². The molecule has 0 heterocycles. The summed E-state index contributed by atoms with van der Waals surface area (Å²) in [4.78, 5) is 2.21. The quantitative estimate of drug-likeness (QED) is 0.433. The second kappa shape index (κ2) is 3.57. The van der Waals surface area contributed by atoms with E-state index in [-0.39, 0.29) is 21.2 Å². The van der Waals surface area contributed by atoms with Crippen LogP contribution in [0.3, 0.4) is 0 Å². The van der Waals surface area contributed by atoms with Crippen molar-refractivity contribution in [3.8, 4) is 6.07 Å². The summed E-state index contributed by atoms with van der Waals surface area (Å²) < 4.78 is 1.39. The fourth-order valence-electron chi connectivity index (χ4n) is 0.650. The summed E-state index contributed by atoms with van der Waals surface area (Å²) in [6.45, 7) is 0. The Kier molecular flexibility index (Phi) is 2.69. The van der Waals surface area contributed by atoms with Crippen molar-refractivity contribution in [1.29, 1.82) is 5.26 Å². The van der Waals surface area contributed by atoms with Gasteiger partial charge in [0.15, 0.2) is 0 Å².